The number of aliphatic carboxylic acids is 1. The van der Waals surface area contributed by atoms with Crippen molar-refractivity contribution >= 4 is 87.5 Å². The Bertz CT molecular complexity index is 2950. The van der Waals surface area contributed by atoms with Crippen LogP contribution in [0.3, 0.4) is 0 Å². The van der Waals surface area contributed by atoms with Gasteiger partial charge in [0.25, 0.3) is 0 Å². The summed E-state index contributed by atoms with van der Waals surface area (Å²) in [7, 11) is 1.83. The highest BCUT2D eigenvalue weighted by atomic mass is 35.5. The number of ether oxygens (including phenoxy) is 3. The maximum absolute atomic E-state index is 14.2. The van der Waals surface area contributed by atoms with Crippen LogP contribution in [0.15, 0.2) is 97.1 Å². The number of hydrogen-bond donors (Lipinski definition) is 3. The minimum atomic E-state index is -0.927. The van der Waals surface area contributed by atoms with Gasteiger partial charge in [0.1, 0.15) is 22.8 Å². The number of likely N-dealkylation sites (N-methyl/N-ethyl adjacent to an activating group) is 1. The van der Waals surface area contributed by atoms with Gasteiger partial charge in [-0.1, -0.05) is 70.7 Å². The van der Waals surface area contributed by atoms with Gasteiger partial charge in [-0.15, -0.1) is 0 Å². The summed E-state index contributed by atoms with van der Waals surface area (Å²) in [4.78, 5) is 58.7. The average molecular weight is 1120 g/mol. The number of carboxylic acid groups (broad SMARTS) is 1. The lowest BCUT2D eigenvalue weighted by atomic mass is 9.82. The number of anilines is 3. The van der Waals surface area contributed by atoms with Gasteiger partial charge in [0.15, 0.2) is 0 Å². The van der Waals surface area contributed by atoms with Gasteiger partial charge in [0.2, 0.25) is 5.91 Å². The average Bonchev–Trinajstić information content (AvgIpc) is 3.44. The van der Waals surface area contributed by atoms with Gasteiger partial charge in [-0.3, -0.25) is 20.2 Å². The third-order valence-corrected chi connectivity index (χ3v) is 16.7. The highest BCUT2D eigenvalue weighted by Gasteiger charge is 2.46. The predicted octanol–water partition coefficient (Wildman–Crippen LogP) is 11.9. The molecule has 76 heavy (non-hydrogen) atoms. The molecular formula is C56H58Cl4F2N6O8. The Kier molecular flexibility index (Phi) is 17.3. The molecule has 0 radical (unpaired) electrons. The van der Waals surface area contributed by atoms with Gasteiger partial charge < -0.3 is 38.9 Å². The number of likely N-dealkylation sites (tertiary alicyclic amines) is 2. The van der Waals surface area contributed by atoms with Crippen molar-refractivity contribution in [2.24, 2.45) is 0 Å². The molecule has 3 amide bonds. The summed E-state index contributed by atoms with van der Waals surface area (Å²) < 4.78 is 44.9. The molecular weight excluding hydrogens is 1060 g/mol. The van der Waals surface area contributed by atoms with E-state index in [1.807, 2.05) is 13.1 Å². The molecule has 3 N–H and O–H groups in total. The van der Waals surface area contributed by atoms with Crippen molar-refractivity contribution in [3.63, 3.8) is 0 Å². The zero-order chi connectivity index (χ0) is 53.7. The molecule has 5 aliphatic rings. The Morgan fingerprint density at radius 3 is 1.55 bits per heavy atom. The Morgan fingerprint density at radius 1 is 0.632 bits per heavy atom. The molecule has 5 heterocycles. The standard InChI is InChI=1S/C34H37Cl2FN4O4.C22H21Cl2FN2O4/c1-39(22-23-2-6-26(7-3-23)41-16-18-44-19-17-41)32(42)27(24-4-8-29(35)30(36)20-24)10-13-40-14-11-34(12-15-40)28-21-25(37)5-9-31(28)38-33(43)45-34;23-17-3-1-13(11-18(17)24)15(20(28)29)5-8-27-9-6-22(7-10-27)16-12-14(25)2-4-19(16)26-21(30)31-22/h2-9,20-21,27H,10-19,22H2,1H3,(H,38,43);1-4,11-12,15H,5-10H2,(H,26,30)(H,28,29). The van der Waals surface area contributed by atoms with Crippen molar-refractivity contribution < 1.29 is 47.3 Å². The largest absolute Gasteiger partial charge is 0.481 e. The van der Waals surface area contributed by atoms with Crippen molar-refractivity contribution in [3.8, 4) is 0 Å². The molecule has 2 unspecified atom stereocenters. The fraction of sp³-hybridized carbons (Fsp3) is 0.393. The molecule has 5 aromatic carbocycles. The van der Waals surface area contributed by atoms with Gasteiger partial charge in [-0.2, -0.15) is 0 Å². The molecule has 3 fully saturated rings. The lowest BCUT2D eigenvalue weighted by Crippen LogP contribution is -2.48. The molecule has 2 spiro atoms. The summed E-state index contributed by atoms with van der Waals surface area (Å²) in [6, 6.07) is 27.2. The van der Waals surface area contributed by atoms with E-state index >= 15 is 0 Å². The fourth-order valence-electron chi connectivity index (χ4n) is 11.0. The summed E-state index contributed by atoms with van der Waals surface area (Å²) in [6.07, 6.45) is 1.96. The number of morpholine rings is 1. The highest BCUT2D eigenvalue weighted by Crippen LogP contribution is 2.46. The number of carbonyl (C=O) groups is 4. The number of carboxylic acids is 1. The lowest BCUT2D eigenvalue weighted by molar-refractivity contribution is -0.139. The maximum atomic E-state index is 14.2. The first kappa shape index (κ1) is 55.0. The second-order valence-corrected chi connectivity index (χ2v) is 21.5. The third kappa shape index (κ3) is 12.7. The Labute approximate surface area is 460 Å². The Balaban J connectivity index is 0.000000199. The van der Waals surface area contributed by atoms with Gasteiger partial charge in [-0.25, -0.2) is 18.4 Å². The van der Waals surface area contributed by atoms with Crippen LogP contribution in [-0.4, -0.2) is 116 Å². The van der Waals surface area contributed by atoms with Gasteiger partial charge in [0, 0.05) is 95.4 Å². The second-order valence-electron chi connectivity index (χ2n) is 19.9. The van der Waals surface area contributed by atoms with Crippen LogP contribution in [0.25, 0.3) is 0 Å². The number of piperidine rings is 2. The van der Waals surface area contributed by atoms with E-state index in [0.29, 0.717) is 132 Å². The molecule has 3 saturated heterocycles. The number of rotatable bonds is 13. The summed E-state index contributed by atoms with van der Waals surface area (Å²) in [5.41, 5.74) is 4.35. The number of amides is 3. The van der Waals surface area contributed by atoms with Crippen LogP contribution in [0, 0.1) is 11.6 Å². The normalized spacial score (nSPS) is 18.6. The molecule has 10 rings (SSSR count). The van der Waals surface area contributed by atoms with E-state index in [1.165, 1.54) is 24.3 Å². The predicted molar refractivity (Wildman–Crippen MR) is 289 cm³/mol. The third-order valence-electron chi connectivity index (χ3n) is 15.2. The zero-order valence-electron chi connectivity index (χ0n) is 41.8. The lowest BCUT2D eigenvalue weighted by Gasteiger charge is -2.44. The van der Waals surface area contributed by atoms with Gasteiger partial charge >= 0.3 is 18.2 Å². The first-order chi connectivity index (χ1) is 36.5. The minimum absolute atomic E-state index is 0.00388. The van der Waals surface area contributed by atoms with Crippen molar-refractivity contribution in [2.45, 2.75) is 68.1 Å². The molecule has 5 aliphatic heterocycles. The number of halogens is 6. The molecule has 2 atom stereocenters. The van der Waals surface area contributed by atoms with E-state index < -0.39 is 41.2 Å². The zero-order valence-corrected chi connectivity index (χ0v) is 44.8. The molecule has 0 aliphatic carbocycles. The van der Waals surface area contributed by atoms with Crippen LogP contribution >= 0.6 is 46.4 Å². The van der Waals surface area contributed by atoms with Crippen LogP contribution in [0.1, 0.15) is 78.2 Å². The fourth-order valence-corrected chi connectivity index (χ4v) is 11.6. The quantitative estimate of drug-likeness (QED) is 0.103. The van der Waals surface area contributed by atoms with Crippen molar-refractivity contribution in [1.29, 1.82) is 0 Å². The number of nitrogens with one attached hydrogen (secondary N) is 2. The molecule has 0 saturated carbocycles. The molecule has 14 nitrogen and oxygen atoms in total. The summed E-state index contributed by atoms with van der Waals surface area (Å²) in [5.74, 6) is -2.82. The molecule has 20 heteroatoms. The summed E-state index contributed by atoms with van der Waals surface area (Å²) >= 11 is 24.6. The number of carbonyl (C=O) groups excluding carboxylic acids is 3. The van der Waals surface area contributed by atoms with Crippen LogP contribution in [0.2, 0.25) is 20.1 Å². The summed E-state index contributed by atoms with van der Waals surface area (Å²) in [5, 5.41) is 16.5. The van der Waals surface area contributed by atoms with Crippen molar-refractivity contribution in [1.82, 2.24) is 14.7 Å². The molecule has 0 bridgehead atoms. The Morgan fingerprint density at radius 2 is 1.09 bits per heavy atom. The SMILES string of the molecule is CN(Cc1ccc(N2CCOCC2)cc1)C(=O)C(CCN1CCC2(CC1)OC(=O)Nc1ccc(F)cc12)c1ccc(Cl)c(Cl)c1.O=C1Nc2ccc(F)cc2C2(CCN(CCC(C(=O)O)c3ccc(Cl)c(Cl)c3)CC2)O1. The van der Waals surface area contributed by atoms with E-state index in [9.17, 15) is 33.1 Å². The van der Waals surface area contributed by atoms with E-state index in [-0.39, 0.29) is 17.5 Å². The van der Waals surface area contributed by atoms with E-state index in [0.717, 1.165) is 43.1 Å². The van der Waals surface area contributed by atoms with Gasteiger partial charge in [0.05, 0.1) is 56.5 Å². The van der Waals surface area contributed by atoms with Crippen LogP contribution < -0.4 is 15.5 Å². The minimum Gasteiger partial charge on any atom is -0.481 e. The number of fused-ring (bicyclic) bond motifs is 4. The number of nitrogens with zero attached hydrogens (tertiary/aromatic N) is 4. The van der Waals surface area contributed by atoms with Crippen LogP contribution in [-0.2, 0) is 41.5 Å². The van der Waals surface area contributed by atoms with Crippen LogP contribution in [0.4, 0.5) is 35.4 Å². The Hall–Kier alpha value is -5.72. The maximum Gasteiger partial charge on any atom is 0.412 e. The molecule has 402 valence electrons. The number of benzene rings is 5. The first-order valence-electron chi connectivity index (χ1n) is 25.3. The number of hydrogen-bond acceptors (Lipinski definition) is 10. The topological polar surface area (TPSA) is 153 Å². The van der Waals surface area contributed by atoms with E-state index in [2.05, 4.69) is 49.6 Å². The second kappa shape index (κ2) is 23.9. The monoisotopic (exact) mass is 1120 g/mol. The van der Waals surface area contributed by atoms with Crippen molar-refractivity contribution in [2.75, 3.05) is 88.2 Å². The first-order valence-corrected chi connectivity index (χ1v) is 26.8. The highest BCUT2D eigenvalue weighted by molar-refractivity contribution is 6.42. The van der Waals surface area contributed by atoms with Crippen molar-refractivity contribution in [3.05, 3.63) is 157 Å². The molecule has 5 aromatic rings. The molecule has 0 aromatic heterocycles. The van der Waals surface area contributed by atoms with E-state index in [1.54, 1.807) is 47.4 Å². The van der Waals surface area contributed by atoms with Crippen LogP contribution in [0.5, 0.6) is 0 Å². The smallest absolute Gasteiger partial charge is 0.412 e. The van der Waals surface area contributed by atoms with Gasteiger partial charge in [-0.05, 0) is 115 Å². The van der Waals surface area contributed by atoms with E-state index in [4.69, 9.17) is 60.6 Å². The summed E-state index contributed by atoms with van der Waals surface area (Å²) in [6.45, 7) is 7.33.